The summed E-state index contributed by atoms with van der Waals surface area (Å²) in [6.45, 7) is 3.11. The molecule has 2 rings (SSSR count). The molecule has 0 amide bonds. The highest BCUT2D eigenvalue weighted by Crippen LogP contribution is 2.18. The Labute approximate surface area is 170 Å². The van der Waals surface area contributed by atoms with E-state index in [0.717, 1.165) is 34.7 Å². The van der Waals surface area contributed by atoms with Gasteiger partial charge in [0.25, 0.3) is 0 Å². The number of aliphatic imine (C=N–C) groups is 1. The smallest absolute Gasteiger partial charge is 0.191 e. The van der Waals surface area contributed by atoms with Gasteiger partial charge in [-0.25, -0.2) is 12.8 Å². The van der Waals surface area contributed by atoms with Crippen molar-refractivity contribution in [2.75, 3.05) is 25.6 Å². The van der Waals surface area contributed by atoms with E-state index in [9.17, 15) is 12.8 Å². The van der Waals surface area contributed by atoms with Gasteiger partial charge < -0.3 is 10.6 Å². The zero-order chi connectivity index (χ0) is 20.6. The summed E-state index contributed by atoms with van der Waals surface area (Å²) in [7, 11) is -1.49. The maximum atomic E-state index is 12.9. The lowest BCUT2D eigenvalue weighted by atomic mass is 10.1. The van der Waals surface area contributed by atoms with Crippen LogP contribution in [0.5, 0.6) is 0 Å². The first kappa shape index (κ1) is 22.2. The average molecular weight is 424 g/mol. The van der Waals surface area contributed by atoms with Gasteiger partial charge in [0, 0.05) is 31.3 Å². The van der Waals surface area contributed by atoms with Crippen molar-refractivity contribution in [1.29, 1.82) is 0 Å². The van der Waals surface area contributed by atoms with Gasteiger partial charge in [0.1, 0.15) is 5.82 Å². The fraction of sp³-hybridized carbons (Fsp3) is 0.350. The van der Waals surface area contributed by atoms with Crippen molar-refractivity contribution in [3.05, 3.63) is 59.4 Å². The van der Waals surface area contributed by atoms with E-state index in [-0.39, 0.29) is 5.82 Å². The number of nitrogens with zero attached hydrogens (tertiary/aromatic N) is 1. The summed E-state index contributed by atoms with van der Waals surface area (Å²) in [5, 5.41) is 6.48. The van der Waals surface area contributed by atoms with Crippen molar-refractivity contribution in [3.8, 4) is 0 Å². The summed E-state index contributed by atoms with van der Waals surface area (Å²) in [6, 6.07) is 11.8. The predicted octanol–water partition coefficient (Wildman–Crippen LogP) is 3.39. The van der Waals surface area contributed by atoms with Crippen LogP contribution in [-0.2, 0) is 16.4 Å². The third-order valence-corrected chi connectivity index (χ3v) is 6.37. The van der Waals surface area contributed by atoms with Crippen molar-refractivity contribution in [3.63, 3.8) is 0 Å². The van der Waals surface area contributed by atoms with E-state index in [1.54, 1.807) is 43.9 Å². The summed E-state index contributed by atoms with van der Waals surface area (Å²) in [5.41, 5.74) is 1.72. The number of benzene rings is 2. The van der Waals surface area contributed by atoms with Crippen LogP contribution >= 0.6 is 11.8 Å². The minimum absolute atomic E-state index is 0.220. The maximum absolute atomic E-state index is 12.9. The van der Waals surface area contributed by atoms with Gasteiger partial charge >= 0.3 is 0 Å². The summed E-state index contributed by atoms with van der Waals surface area (Å²) in [5.74, 6) is 1.39. The third kappa shape index (κ3) is 7.16. The predicted molar refractivity (Wildman–Crippen MR) is 114 cm³/mol. The largest absolute Gasteiger partial charge is 0.356 e. The van der Waals surface area contributed by atoms with Crippen LogP contribution < -0.4 is 10.6 Å². The number of hydrogen-bond donors (Lipinski definition) is 2. The second-order valence-corrected chi connectivity index (χ2v) is 9.53. The van der Waals surface area contributed by atoms with Crippen LogP contribution in [0.1, 0.15) is 17.5 Å². The van der Waals surface area contributed by atoms with E-state index in [1.807, 2.05) is 12.1 Å². The van der Waals surface area contributed by atoms with Gasteiger partial charge in [-0.2, -0.15) is 0 Å². The van der Waals surface area contributed by atoms with Gasteiger partial charge in [-0.1, -0.05) is 12.1 Å². The number of sulfone groups is 1. The highest BCUT2D eigenvalue weighted by molar-refractivity contribution is 7.99. The highest BCUT2D eigenvalue weighted by atomic mass is 32.2. The Morgan fingerprint density at radius 1 is 1.14 bits per heavy atom. The molecule has 2 N–H and O–H groups in total. The van der Waals surface area contributed by atoms with E-state index >= 15 is 0 Å². The molecule has 0 aliphatic rings. The zero-order valence-electron chi connectivity index (χ0n) is 16.3. The molecule has 8 heteroatoms. The number of hydrogen-bond acceptors (Lipinski definition) is 4. The zero-order valence-corrected chi connectivity index (χ0v) is 18.0. The Kier molecular flexibility index (Phi) is 8.32. The van der Waals surface area contributed by atoms with Crippen molar-refractivity contribution in [2.45, 2.75) is 29.7 Å². The molecule has 0 aliphatic carbocycles. The van der Waals surface area contributed by atoms with Crippen molar-refractivity contribution in [2.24, 2.45) is 4.99 Å². The molecule has 152 valence electrons. The summed E-state index contributed by atoms with van der Waals surface area (Å²) >= 11 is 1.69. The summed E-state index contributed by atoms with van der Waals surface area (Å²) < 4.78 is 36.3. The van der Waals surface area contributed by atoms with Crippen molar-refractivity contribution >= 4 is 27.6 Å². The minimum atomic E-state index is -3.20. The fourth-order valence-electron chi connectivity index (χ4n) is 2.64. The van der Waals surface area contributed by atoms with Crippen LogP contribution in [0, 0.1) is 12.7 Å². The molecule has 2 aromatic carbocycles. The highest BCUT2D eigenvalue weighted by Gasteiger charge is 2.10. The molecule has 5 nitrogen and oxygen atoms in total. The van der Waals surface area contributed by atoms with E-state index in [0.29, 0.717) is 17.4 Å². The lowest BCUT2D eigenvalue weighted by Crippen LogP contribution is -2.37. The fourth-order valence-corrected chi connectivity index (χ4v) is 4.46. The van der Waals surface area contributed by atoms with E-state index in [1.165, 1.54) is 18.4 Å². The number of rotatable bonds is 8. The molecule has 0 heterocycles. The van der Waals surface area contributed by atoms with Crippen LogP contribution in [0.15, 0.2) is 57.2 Å². The molecule has 0 fully saturated rings. The first-order valence-electron chi connectivity index (χ1n) is 8.92. The molecule has 28 heavy (non-hydrogen) atoms. The second-order valence-electron chi connectivity index (χ2n) is 6.38. The Morgan fingerprint density at radius 3 is 2.46 bits per heavy atom. The van der Waals surface area contributed by atoms with Gasteiger partial charge in [0.05, 0.1) is 4.90 Å². The first-order chi connectivity index (χ1) is 13.3. The van der Waals surface area contributed by atoms with Gasteiger partial charge in [0.15, 0.2) is 15.8 Å². The van der Waals surface area contributed by atoms with E-state index in [2.05, 4.69) is 15.6 Å². The number of aryl methyl sites for hydroxylation is 1. The van der Waals surface area contributed by atoms with E-state index in [4.69, 9.17) is 0 Å². The van der Waals surface area contributed by atoms with Crippen LogP contribution in [0.3, 0.4) is 0 Å². The molecule has 0 unspecified atom stereocenters. The maximum Gasteiger partial charge on any atom is 0.191 e. The number of nitrogens with one attached hydrogen (secondary N) is 2. The van der Waals surface area contributed by atoms with Crippen LogP contribution in [-0.4, -0.2) is 40.0 Å². The molecular formula is C20H26FN3O2S2. The molecule has 0 aromatic heterocycles. The third-order valence-electron chi connectivity index (χ3n) is 4.02. The number of halogens is 1. The summed E-state index contributed by atoms with van der Waals surface area (Å²) in [4.78, 5) is 5.61. The number of guanidine groups is 1. The van der Waals surface area contributed by atoms with Crippen molar-refractivity contribution < 1.29 is 12.8 Å². The molecule has 0 saturated heterocycles. The Balaban J connectivity index is 1.74. The quantitative estimate of drug-likeness (QED) is 0.295. The van der Waals surface area contributed by atoms with Crippen LogP contribution in [0.25, 0.3) is 0 Å². The second kappa shape index (κ2) is 10.5. The Bertz CT molecular complexity index is 914. The lowest BCUT2D eigenvalue weighted by Gasteiger charge is -2.13. The first-order valence-corrected chi connectivity index (χ1v) is 11.8. The normalized spacial score (nSPS) is 12.1. The Morgan fingerprint density at radius 2 is 1.86 bits per heavy atom. The molecule has 0 atom stereocenters. The molecule has 0 radical (unpaired) electrons. The number of thioether (sulfide) groups is 1. The van der Waals surface area contributed by atoms with Gasteiger partial charge in [-0.15, -0.1) is 11.8 Å². The van der Waals surface area contributed by atoms with Crippen LogP contribution in [0.4, 0.5) is 4.39 Å². The van der Waals surface area contributed by atoms with Gasteiger partial charge in [-0.05, 0) is 60.6 Å². The van der Waals surface area contributed by atoms with Crippen LogP contribution in [0.2, 0.25) is 0 Å². The van der Waals surface area contributed by atoms with Crippen molar-refractivity contribution in [1.82, 2.24) is 10.6 Å². The topological polar surface area (TPSA) is 70.6 Å². The molecule has 0 bridgehead atoms. The average Bonchev–Trinajstić information content (AvgIpc) is 2.64. The molecule has 2 aromatic rings. The van der Waals surface area contributed by atoms with E-state index < -0.39 is 9.84 Å². The molecule has 0 spiro atoms. The van der Waals surface area contributed by atoms with Gasteiger partial charge in [0.2, 0.25) is 0 Å². The standard InChI is InChI=1S/C20H26FN3O2S2/c1-15-13-16(5-10-19(15)28(3,25)26)14-24-20(22-2)23-11-4-12-27-18-8-6-17(21)7-9-18/h5-10,13H,4,11-12,14H2,1-3H3,(H2,22,23,24). The molecular weight excluding hydrogens is 397 g/mol. The Hall–Kier alpha value is -2.06. The minimum Gasteiger partial charge on any atom is -0.356 e. The molecule has 0 saturated carbocycles. The summed E-state index contributed by atoms with van der Waals surface area (Å²) in [6.07, 6.45) is 2.15. The SMILES string of the molecule is CN=C(NCCCSc1ccc(F)cc1)NCc1ccc(S(C)(=O)=O)c(C)c1. The van der Waals surface area contributed by atoms with Gasteiger partial charge in [-0.3, -0.25) is 4.99 Å². The molecule has 0 aliphatic heterocycles. The lowest BCUT2D eigenvalue weighted by molar-refractivity contribution is 0.601. The monoisotopic (exact) mass is 423 g/mol.